The van der Waals surface area contributed by atoms with Crippen molar-refractivity contribution in [3.8, 4) is 0 Å². The number of rotatable bonds is 6. The Morgan fingerprint density at radius 2 is 1.72 bits per heavy atom. The van der Waals surface area contributed by atoms with Crippen LogP contribution in [0, 0.1) is 5.82 Å². The number of fused-ring (bicyclic) bond motifs is 1. The van der Waals surface area contributed by atoms with Crippen molar-refractivity contribution in [2.45, 2.75) is 26.1 Å². The fourth-order valence-corrected chi connectivity index (χ4v) is 5.59. The highest BCUT2D eigenvalue weighted by Crippen LogP contribution is 2.64. The van der Waals surface area contributed by atoms with Crippen molar-refractivity contribution in [1.29, 1.82) is 0 Å². The number of hydrogen-bond acceptors (Lipinski definition) is 4. The Labute approximate surface area is 148 Å². The summed E-state index contributed by atoms with van der Waals surface area (Å²) in [5, 5.41) is 0. The topological polar surface area (TPSA) is 38.8 Å². The first-order valence-corrected chi connectivity index (χ1v) is 10.2. The molecule has 0 amide bonds. The van der Waals surface area contributed by atoms with Gasteiger partial charge in [-0.3, -0.25) is 4.57 Å². The molecule has 0 fully saturated rings. The summed E-state index contributed by atoms with van der Waals surface area (Å²) in [6.45, 7) is 4.88. The summed E-state index contributed by atoms with van der Waals surface area (Å²) >= 11 is 0. The van der Waals surface area contributed by atoms with Gasteiger partial charge in [-0.05, 0) is 55.7 Å². The molecule has 1 heterocycles. The fraction of sp³-hybridized carbons (Fsp3) is 0.368. The molecule has 0 radical (unpaired) electrons. The van der Waals surface area contributed by atoms with Crippen LogP contribution in [0.15, 0.2) is 48.5 Å². The van der Waals surface area contributed by atoms with Gasteiger partial charge in [0.15, 0.2) is 5.78 Å². The summed E-state index contributed by atoms with van der Waals surface area (Å²) in [5.41, 5.74) is 2.90. The Bertz CT molecular complexity index is 756. The van der Waals surface area contributed by atoms with Gasteiger partial charge in [0.1, 0.15) is 5.82 Å². The molecule has 0 aromatic heterocycles. The molecular formula is C19H23FNO3P. The van der Waals surface area contributed by atoms with Crippen LogP contribution in [0.4, 0.5) is 10.1 Å². The number of anilines is 1. The third-order valence-electron chi connectivity index (χ3n) is 4.33. The molecular weight excluding hydrogens is 340 g/mol. The molecule has 0 aliphatic carbocycles. The summed E-state index contributed by atoms with van der Waals surface area (Å²) in [4.78, 5) is 2.01. The number of nitrogens with zero attached hydrogens (tertiary/aromatic N) is 1. The average Bonchev–Trinajstić information content (AvgIpc) is 2.62. The van der Waals surface area contributed by atoms with Gasteiger partial charge in [-0.2, -0.15) is 0 Å². The van der Waals surface area contributed by atoms with Gasteiger partial charge in [-0.15, -0.1) is 0 Å². The van der Waals surface area contributed by atoms with E-state index < -0.39 is 13.4 Å². The van der Waals surface area contributed by atoms with Crippen molar-refractivity contribution >= 4 is 13.3 Å². The lowest BCUT2D eigenvalue weighted by Crippen LogP contribution is -2.36. The van der Waals surface area contributed by atoms with E-state index in [0.29, 0.717) is 19.8 Å². The Balaban J connectivity index is 2.11. The van der Waals surface area contributed by atoms with E-state index in [1.54, 1.807) is 12.1 Å². The van der Waals surface area contributed by atoms with Crippen molar-refractivity contribution in [2.24, 2.45) is 0 Å². The second kappa shape index (κ2) is 7.69. The van der Waals surface area contributed by atoms with Crippen LogP contribution in [0.1, 0.15) is 30.8 Å². The van der Waals surface area contributed by atoms with E-state index in [9.17, 15) is 8.96 Å². The van der Waals surface area contributed by atoms with Crippen molar-refractivity contribution in [3.63, 3.8) is 0 Å². The van der Waals surface area contributed by atoms with Gasteiger partial charge in [0.25, 0.3) is 0 Å². The van der Waals surface area contributed by atoms with E-state index in [0.717, 1.165) is 23.2 Å². The smallest absolute Gasteiger partial charge is 0.353 e. The van der Waals surface area contributed by atoms with E-state index in [-0.39, 0.29) is 5.82 Å². The number of halogens is 1. The zero-order valence-electron chi connectivity index (χ0n) is 14.5. The van der Waals surface area contributed by atoms with Gasteiger partial charge in [0.05, 0.1) is 13.2 Å². The Hall–Kier alpha value is -1.68. The normalized spacial score (nSPS) is 17.4. The standard InChI is InChI=1S/C19H23FNO3P/c1-3-23-25(22,24-4-2)19-18-8-6-5-7-15(18)13-14-21(19)17-11-9-16(20)10-12-17/h5-12,19H,3-4,13-14H2,1-2H3. The molecule has 2 aromatic carbocycles. The molecule has 0 saturated carbocycles. The maximum Gasteiger partial charge on any atom is 0.357 e. The first-order valence-electron chi connectivity index (χ1n) is 8.58. The average molecular weight is 363 g/mol. The summed E-state index contributed by atoms with van der Waals surface area (Å²) in [5.74, 6) is -0.835. The minimum absolute atomic E-state index is 0.296. The van der Waals surface area contributed by atoms with E-state index in [1.807, 2.05) is 43.0 Å². The summed E-state index contributed by atoms with van der Waals surface area (Å²) in [6.07, 6.45) is 0.822. The number of benzene rings is 2. The lowest BCUT2D eigenvalue weighted by atomic mass is 9.99. The molecule has 0 bridgehead atoms. The van der Waals surface area contributed by atoms with Crippen molar-refractivity contribution in [2.75, 3.05) is 24.7 Å². The number of hydrogen-bond donors (Lipinski definition) is 0. The molecule has 1 atom stereocenters. The van der Waals surface area contributed by atoms with Gasteiger partial charge >= 0.3 is 7.60 Å². The quantitative estimate of drug-likeness (QED) is 0.665. The van der Waals surface area contributed by atoms with Crippen molar-refractivity contribution in [3.05, 3.63) is 65.5 Å². The second-order valence-electron chi connectivity index (χ2n) is 5.87. The lowest BCUT2D eigenvalue weighted by molar-refractivity contribution is 0.210. The van der Waals surface area contributed by atoms with Crippen LogP contribution in [-0.4, -0.2) is 19.8 Å². The second-order valence-corrected chi connectivity index (χ2v) is 7.95. The molecule has 1 unspecified atom stereocenters. The summed E-state index contributed by atoms with van der Waals surface area (Å²) in [6, 6.07) is 14.2. The predicted octanol–water partition coefficient (Wildman–Crippen LogP) is 5.15. The fourth-order valence-electron chi connectivity index (χ4n) is 3.33. The van der Waals surface area contributed by atoms with Gasteiger partial charge in [-0.1, -0.05) is 24.3 Å². The Morgan fingerprint density at radius 1 is 1.08 bits per heavy atom. The van der Waals surface area contributed by atoms with Crippen LogP contribution in [0.5, 0.6) is 0 Å². The van der Waals surface area contributed by atoms with Crippen LogP contribution >= 0.6 is 7.60 Å². The maximum atomic E-state index is 13.6. The van der Waals surface area contributed by atoms with Crippen LogP contribution in [0.3, 0.4) is 0 Å². The Kier molecular flexibility index (Phi) is 5.57. The van der Waals surface area contributed by atoms with Crippen molar-refractivity contribution in [1.82, 2.24) is 0 Å². The van der Waals surface area contributed by atoms with Crippen LogP contribution in [-0.2, 0) is 20.0 Å². The SMILES string of the molecule is CCOP(=O)(OCC)C1c2ccccc2CCN1c1ccc(F)cc1. The molecule has 0 N–H and O–H groups in total. The lowest BCUT2D eigenvalue weighted by Gasteiger charge is -2.41. The molecule has 4 nitrogen and oxygen atoms in total. The summed E-state index contributed by atoms with van der Waals surface area (Å²) in [7, 11) is -3.43. The molecule has 0 spiro atoms. The maximum absolute atomic E-state index is 13.6. The highest BCUT2D eigenvalue weighted by atomic mass is 31.2. The van der Waals surface area contributed by atoms with Crippen LogP contribution in [0.25, 0.3) is 0 Å². The molecule has 6 heteroatoms. The van der Waals surface area contributed by atoms with Crippen LogP contribution in [0.2, 0.25) is 0 Å². The van der Waals surface area contributed by atoms with E-state index in [4.69, 9.17) is 9.05 Å². The van der Waals surface area contributed by atoms with Gasteiger partial charge in [-0.25, -0.2) is 4.39 Å². The highest BCUT2D eigenvalue weighted by Gasteiger charge is 2.44. The zero-order chi connectivity index (χ0) is 17.9. The van der Waals surface area contributed by atoms with Crippen molar-refractivity contribution < 1.29 is 18.0 Å². The highest BCUT2D eigenvalue weighted by molar-refractivity contribution is 7.54. The molecule has 0 saturated heterocycles. The zero-order valence-corrected chi connectivity index (χ0v) is 15.4. The van der Waals surface area contributed by atoms with Gasteiger partial charge < -0.3 is 13.9 Å². The summed E-state index contributed by atoms with van der Waals surface area (Å²) < 4.78 is 38.3. The first-order chi connectivity index (χ1) is 12.1. The molecule has 134 valence electrons. The van der Waals surface area contributed by atoms with Gasteiger partial charge in [0.2, 0.25) is 0 Å². The molecule has 3 rings (SSSR count). The molecule has 1 aliphatic rings. The monoisotopic (exact) mass is 363 g/mol. The Morgan fingerprint density at radius 3 is 2.36 bits per heavy atom. The third-order valence-corrected chi connectivity index (χ3v) is 6.72. The van der Waals surface area contributed by atoms with E-state index >= 15 is 0 Å². The van der Waals surface area contributed by atoms with Gasteiger partial charge in [0, 0.05) is 12.2 Å². The molecule has 2 aromatic rings. The molecule has 25 heavy (non-hydrogen) atoms. The first kappa shape index (κ1) is 18.1. The van der Waals surface area contributed by atoms with E-state index in [2.05, 4.69) is 0 Å². The predicted molar refractivity (Wildman–Crippen MR) is 97.5 cm³/mol. The minimum atomic E-state index is -3.43. The van der Waals surface area contributed by atoms with E-state index in [1.165, 1.54) is 12.1 Å². The minimum Gasteiger partial charge on any atom is -0.353 e. The molecule has 1 aliphatic heterocycles. The van der Waals surface area contributed by atoms with Crippen LogP contribution < -0.4 is 4.90 Å². The largest absolute Gasteiger partial charge is 0.357 e. The third kappa shape index (κ3) is 3.64.